The monoisotopic (exact) mass is 374 g/mol. The summed E-state index contributed by atoms with van der Waals surface area (Å²) in [5.74, 6) is -0.678. The molecule has 0 aromatic rings. The lowest BCUT2D eigenvalue weighted by Crippen LogP contribution is -2.62. The Morgan fingerprint density at radius 3 is 2.63 bits per heavy atom. The number of carboxylic acid groups (broad SMARTS) is 1. The van der Waals surface area contributed by atoms with Crippen LogP contribution in [0.3, 0.4) is 0 Å². The maximum absolute atomic E-state index is 12.2. The van der Waals surface area contributed by atoms with Crippen molar-refractivity contribution in [3.8, 4) is 0 Å². The Balaban J connectivity index is 1.82. The van der Waals surface area contributed by atoms with E-state index >= 15 is 0 Å². The van der Waals surface area contributed by atoms with Gasteiger partial charge < -0.3 is 9.84 Å². The Labute approximate surface area is 160 Å². The number of fused-ring (bicyclic) bond motifs is 3. The van der Waals surface area contributed by atoms with Gasteiger partial charge in [-0.2, -0.15) is 0 Å². The fraction of sp³-hybridized carbons (Fsp3) is 0.773. The summed E-state index contributed by atoms with van der Waals surface area (Å²) >= 11 is 0. The number of rotatable bonds is 3. The Morgan fingerprint density at radius 2 is 2.00 bits per heavy atom. The quantitative estimate of drug-likeness (QED) is 0.601. The van der Waals surface area contributed by atoms with E-state index in [1.165, 1.54) is 6.92 Å². The molecule has 7 atom stereocenters. The summed E-state index contributed by atoms with van der Waals surface area (Å²) < 4.78 is 5.84. The molecule has 0 unspecified atom stereocenters. The van der Waals surface area contributed by atoms with Crippen LogP contribution in [0.2, 0.25) is 0 Å². The molecule has 0 radical (unpaired) electrons. The molecule has 3 saturated carbocycles. The van der Waals surface area contributed by atoms with Crippen LogP contribution in [0.1, 0.15) is 65.7 Å². The van der Waals surface area contributed by atoms with Gasteiger partial charge in [0.25, 0.3) is 0 Å². The van der Waals surface area contributed by atoms with Crippen LogP contribution >= 0.6 is 0 Å². The molecule has 0 aliphatic heterocycles. The lowest BCUT2D eigenvalue weighted by molar-refractivity contribution is -0.203. The molecule has 0 aromatic carbocycles. The minimum Gasteiger partial charge on any atom is -0.481 e. The zero-order chi connectivity index (χ0) is 19.6. The average Bonchev–Trinajstić information content (AvgIpc) is 2.84. The standard InChI is InChI=1S/C22H30O5/c1-13(24)27-16-9-14-10-22(11-15(14)12-23)8-5-17-20(2,18(16)22)6-4-7-21(17,3)19(25)26/h11-12,14,16-18H,4-10H2,1-3H3,(H,25,26)/t14-,16+,17+,18+,20-,21+,22+/m1/s1. The van der Waals surface area contributed by atoms with Crippen molar-refractivity contribution in [1.29, 1.82) is 0 Å². The van der Waals surface area contributed by atoms with Gasteiger partial charge in [-0.15, -0.1) is 0 Å². The molecule has 0 aromatic heterocycles. The number of aliphatic carboxylic acids is 1. The van der Waals surface area contributed by atoms with E-state index in [9.17, 15) is 19.5 Å². The van der Waals surface area contributed by atoms with E-state index in [0.717, 1.165) is 44.0 Å². The van der Waals surface area contributed by atoms with Crippen molar-refractivity contribution in [3.63, 3.8) is 0 Å². The largest absolute Gasteiger partial charge is 0.481 e. The predicted octanol–water partition coefficient (Wildman–Crippen LogP) is 3.76. The number of esters is 1. The highest BCUT2D eigenvalue weighted by atomic mass is 16.5. The fourth-order valence-electron chi connectivity index (χ4n) is 7.78. The highest BCUT2D eigenvalue weighted by molar-refractivity contribution is 5.76. The minimum absolute atomic E-state index is 0.0650. The number of hydrogen-bond donors (Lipinski definition) is 1. The second-order valence-electron chi connectivity index (χ2n) is 9.93. The van der Waals surface area contributed by atoms with Crippen LogP contribution < -0.4 is 0 Å². The van der Waals surface area contributed by atoms with Crippen molar-refractivity contribution in [2.45, 2.75) is 71.8 Å². The Hall–Kier alpha value is -1.65. The lowest BCUT2D eigenvalue weighted by atomic mass is 9.40. The highest BCUT2D eigenvalue weighted by Crippen LogP contribution is 2.71. The number of allylic oxidation sites excluding steroid dienone is 2. The zero-order valence-electron chi connectivity index (χ0n) is 16.5. The molecule has 1 N–H and O–H groups in total. The fourth-order valence-corrected chi connectivity index (χ4v) is 7.78. The summed E-state index contributed by atoms with van der Waals surface area (Å²) in [4.78, 5) is 35.7. The second-order valence-corrected chi connectivity index (χ2v) is 9.93. The molecule has 0 amide bonds. The van der Waals surface area contributed by atoms with Crippen LogP contribution in [0.4, 0.5) is 0 Å². The highest BCUT2D eigenvalue weighted by Gasteiger charge is 2.67. The normalized spacial score (nSPS) is 48.0. The van der Waals surface area contributed by atoms with Gasteiger partial charge >= 0.3 is 11.9 Å². The van der Waals surface area contributed by atoms with Crippen molar-refractivity contribution in [2.24, 2.45) is 34.0 Å². The maximum Gasteiger partial charge on any atom is 0.309 e. The maximum atomic E-state index is 12.2. The Morgan fingerprint density at radius 1 is 1.26 bits per heavy atom. The first-order valence-corrected chi connectivity index (χ1v) is 10.2. The van der Waals surface area contributed by atoms with Crippen molar-refractivity contribution in [3.05, 3.63) is 11.6 Å². The molecule has 0 heterocycles. The third-order valence-electron chi connectivity index (χ3n) is 8.59. The van der Waals surface area contributed by atoms with Crippen LogP contribution in [0, 0.1) is 34.0 Å². The van der Waals surface area contributed by atoms with Gasteiger partial charge in [0, 0.05) is 12.8 Å². The molecule has 4 rings (SSSR count). The molecule has 148 valence electrons. The van der Waals surface area contributed by atoms with Gasteiger partial charge in [0.1, 0.15) is 12.4 Å². The van der Waals surface area contributed by atoms with E-state index in [-0.39, 0.29) is 40.7 Å². The zero-order valence-corrected chi connectivity index (χ0v) is 16.5. The molecule has 3 fully saturated rings. The smallest absolute Gasteiger partial charge is 0.309 e. The molecule has 5 nitrogen and oxygen atoms in total. The summed E-state index contributed by atoms with van der Waals surface area (Å²) in [5.41, 5.74) is -0.221. The summed E-state index contributed by atoms with van der Waals surface area (Å²) in [6.45, 7) is 5.58. The van der Waals surface area contributed by atoms with E-state index in [0.29, 0.717) is 12.8 Å². The third kappa shape index (κ3) is 2.46. The molecule has 27 heavy (non-hydrogen) atoms. The van der Waals surface area contributed by atoms with Gasteiger partial charge in [-0.3, -0.25) is 14.4 Å². The Bertz CT molecular complexity index is 726. The molecule has 1 spiro atoms. The number of aldehydes is 1. The second kappa shape index (κ2) is 5.92. The van der Waals surface area contributed by atoms with Crippen molar-refractivity contribution < 1.29 is 24.2 Å². The first-order chi connectivity index (χ1) is 12.7. The van der Waals surface area contributed by atoms with E-state index in [1.54, 1.807) is 0 Å². The minimum atomic E-state index is -0.734. The number of carbonyl (C=O) groups is 3. The Kier molecular flexibility index (Phi) is 4.10. The summed E-state index contributed by atoms with van der Waals surface area (Å²) in [7, 11) is 0. The van der Waals surface area contributed by atoms with Gasteiger partial charge in [0.2, 0.25) is 0 Å². The summed E-state index contributed by atoms with van der Waals surface area (Å²) in [5, 5.41) is 10.0. The van der Waals surface area contributed by atoms with Crippen LogP contribution in [0.25, 0.3) is 0 Å². The average molecular weight is 374 g/mol. The van der Waals surface area contributed by atoms with Crippen LogP contribution in [-0.4, -0.2) is 29.4 Å². The molecule has 4 aliphatic carbocycles. The summed E-state index contributed by atoms with van der Waals surface area (Å²) in [6, 6.07) is 0. The van der Waals surface area contributed by atoms with E-state index in [2.05, 4.69) is 13.0 Å². The predicted molar refractivity (Wildman–Crippen MR) is 98.8 cm³/mol. The number of ether oxygens (including phenoxy) is 1. The van der Waals surface area contributed by atoms with Gasteiger partial charge in [-0.1, -0.05) is 19.4 Å². The van der Waals surface area contributed by atoms with Crippen LogP contribution in [-0.2, 0) is 19.1 Å². The molecular weight excluding hydrogens is 344 g/mol. The molecule has 4 aliphatic rings. The number of carboxylic acids is 1. The third-order valence-corrected chi connectivity index (χ3v) is 8.59. The van der Waals surface area contributed by atoms with Crippen molar-refractivity contribution in [1.82, 2.24) is 0 Å². The van der Waals surface area contributed by atoms with E-state index in [4.69, 9.17) is 4.74 Å². The number of carbonyl (C=O) groups excluding carboxylic acids is 2. The van der Waals surface area contributed by atoms with E-state index in [1.807, 2.05) is 6.92 Å². The van der Waals surface area contributed by atoms with Gasteiger partial charge in [0.15, 0.2) is 0 Å². The van der Waals surface area contributed by atoms with Crippen LogP contribution in [0.5, 0.6) is 0 Å². The lowest BCUT2D eigenvalue weighted by Gasteiger charge is -2.64. The summed E-state index contributed by atoms with van der Waals surface area (Å²) in [6.07, 6.45) is 8.82. The molecule has 0 saturated heterocycles. The number of hydrogen-bond acceptors (Lipinski definition) is 4. The first kappa shape index (κ1) is 18.7. The topological polar surface area (TPSA) is 80.7 Å². The van der Waals surface area contributed by atoms with Gasteiger partial charge in [-0.05, 0) is 73.7 Å². The van der Waals surface area contributed by atoms with Gasteiger partial charge in [0.05, 0.1) is 5.41 Å². The van der Waals surface area contributed by atoms with Crippen molar-refractivity contribution in [2.75, 3.05) is 0 Å². The SMILES string of the molecule is CC(=O)O[C@H]1C[C@@H]2C[C@]3(C=C2C=O)CC[C@H]2[C@@](C)(CCC[C@]2(C)C(=O)O)[C@H]13. The molecule has 5 heteroatoms. The van der Waals surface area contributed by atoms with E-state index < -0.39 is 11.4 Å². The first-order valence-electron chi connectivity index (χ1n) is 10.2. The molecule has 2 bridgehead atoms. The van der Waals surface area contributed by atoms with Crippen LogP contribution in [0.15, 0.2) is 11.6 Å². The molecular formula is C22H30O5. The van der Waals surface area contributed by atoms with Gasteiger partial charge in [-0.25, -0.2) is 0 Å². The van der Waals surface area contributed by atoms with Crippen molar-refractivity contribution >= 4 is 18.2 Å².